The zero-order valence-corrected chi connectivity index (χ0v) is 21.4. The number of hydrazone groups is 1. The van der Waals surface area contributed by atoms with Crippen LogP contribution in [-0.4, -0.2) is 62.7 Å². The van der Waals surface area contributed by atoms with Gasteiger partial charge in [-0.1, -0.05) is 35.9 Å². The van der Waals surface area contributed by atoms with Gasteiger partial charge in [-0.05, 0) is 29.3 Å². The molecule has 0 radical (unpaired) electrons. The predicted octanol–water partition coefficient (Wildman–Crippen LogP) is 3.22. The standard InChI is InChI=1S/C26H28ClFN4O5/c1-17(33)37-25-24(26(34)32(30-25)23-8-7-20(28)13-21(23)27)22(16-35-2)29-14-18-5-3-4-6-19(18)15-31-9-11-36-12-10-31/h3-8,13,29H,9-12,14-16H2,1-2H3. The van der Waals surface area contributed by atoms with Crippen molar-refractivity contribution in [1.29, 1.82) is 0 Å². The van der Waals surface area contributed by atoms with Crippen molar-refractivity contribution in [1.82, 2.24) is 10.2 Å². The predicted molar refractivity (Wildman–Crippen MR) is 136 cm³/mol. The van der Waals surface area contributed by atoms with Gasteiger partial charge in [-0.2, -0.15) is 5.01 Å². The quantitative estimate of drug-likeness (QED) is 0.414. The van der Waals surface area contributed by atoms with Crippen LogP contribution in [0.1, 0.15) is 18.1 Å². The average molecular weight is 531 g/mol. The van der Waals surface area contributed by atoms with Crippen molar-refractivity contribution < 1.29 is 28.2 Å². The summed E-state index contributed by atoms with van der Waals surface area (Å²) in [6.07, 6.45) is 0. The first-order valence-corrected chi connectivity index (χ1v) is 12.1. The Hall–Kier alpha value is -3.31. The van der Waals surface area contributed by atoms with E-state index >= 15 is 0 Å². The molecule has 2 aliphatic heterocycles. The van der Waals surface area contributed by atoms with Gasteiger partial charge in [-0.25, -0.2) is 4.39 Å². The van der Waals surface area contributed by atoms with E-state index in [2.05, 4.69) is 21.4 Å². The first kappa shape index (κ1) is 26.7. The van der Waals surface area contributed by atoms with Crippen LogP contribution in [0.25, 0.3) is 0 Å². The first-order chi connectivity index (χ1) is 17.9. The number of morpholine rings is 1. The Morgan fingerprint density at radius 2 is 1.92 bits per heavy atom. The molecule has 1 fully saturated rings. The minimum absolute atomic E-state index is 0.0150. The van der Waals surface area contributed by atoms with Gasteiger partial charge in [0.05, 0.1) is 36.2 Å². The number of halogens is 2. The number of nitrogens with one attached hydrogen (secondary N) is 1. The molecular formula is C26H28ClFN4O5. The summed E-state index contributed by atoms with van der Waals surface area (Å²) in [5.74, 6) is -1.99. The number of hydrogen-bond acceptors (Lipinski definition) is 8. The molecule has 196 valence electrons. The van der Waals surface area contributed by atoms with E-state index in [0.717, 1.165) is 47.9 Å². The second-order valence-corrected chi connectivity index (χ2v) is 8.92. The van der Waals surface area contributed by atoms with Crippen LogP contribution in [0.3, 0.4) is 0 Å². The Balaban J connectivity index is 1.63. The summed E-state index contributed by atoms with van der Waals surface area (Å²) in [6, 6.07) is 11.6. The van der Waals surface area contributed by atoms with E-state index in [1.165, 1.54) is 20.1 Å². The molecule has 4 rings (SSSR count). The van der Waals surface area contributed by atoms with Crippen molar-refractivity contribution >= 4 is 35.1 Å². The number of methoxy groups -OCH3 is 1. The fourth-order valence-corrected chi connectivity index (χ4v) is 4.36. The van der Waals surface area contributed by atoms with E-state index in [-0.39, 0.29) is 28.8 Å². The van der Waals surface area contributed by atoms with Crippen molar-refractivity contribution in [2.24, 2.45) is 5.10 Å². The van der Waals surface area contributed by atoms with Crippen LogP contribution in [0.2, 0.25) is 5.02 Å². The van der Waals surface area contributed by atoms with Gasteiger partial charge < -0.3 is 19.5 Å². The SMILES string of the molecule is COCC(NCc1ccccc1CN1CCOCC1)=C1C(=O)N(c2ccc(F)cc2Cl)N=C1OC(C)=O. The van der Waals surface area contributed by atoms with Crippen LogP contribution in [0, 0.1) is 5.82 Å². The highest BCUT2D eigenvalue weighted by atomic mass is 35.5. The van der Waals surface area contributed by atoms with Gasteiger partial charge in [-0.3, -0.25) is 14.5 Å². The molecule has 0 bridgehead atoms. The average Bonchev–Trinajstić information content (AvgIpc) is 3.17. The monoisotopic (exact) mass is 530 g/mol. The maximum Gasteiger partial charge on any atom is 0.309 e. The van der Waals surface area contributed by atoms with Crippen LogP contribution in [-0.2, 0) is 36.9 Å². The summed E-state index contributed by atoms with van der Waals surface area (Å²) in [6.45, 7) is 5.53. The molecule has 0 unspecified atom stereocenters. The molecule has 0 aromatic heterocycles. The summed E-state index contributed by atoms with van der Waals surface area (Å²) in [4.78, 5) is 27.6. The Morgan fingerprint density at radius 3 is 2.59 bits per heavy atom. The fourth-order valence-electron chi connectivity index (χ4n) is 4.11. The van der Waals surface area contributed by atoms with Gasteiger partial charge >= 0.3 is 5.97 Å². The number of hydrogen-bond donors (Lipinski definition) is 1. The maximum absolute atomic E-state index is 13.6. The smallest absolute Gasteiger partial charge is 0.309 e. The lowest BCUT2D eigenvalue weighted by molar-refractivity contribution is -0.132. The number of nitrogens with zero attached hydrogens (tertiary/aromatic N) is 3. The number of amides is 1. The third kappa shape index (κ3) is 6.53. The van der Waals surface area contributed by atoms with Gasteiger partial charge in [-0.15, -0.1) is 5.10 Å². The molecule has 11 heteroatoms. The molecule has 0 spiro atoms. The van der Waals surface area contributed by atoms with Gasteiger partial charge in [0, 0.05) is 40.2 Å². The summed E-state index contributed by atoms with van der Waals surface area (Å²) < 4.78 is 29.7. The molecule has 0 saturated carbocycles. The van der Waals surface area contributed by atoms with Gasteiger partial charge in [0.2, 0.25) is 0 Å². The molecular weight excluding hydrogens is 503 g/mol. The number of benzene rings is 2. The van der Waals surface area contributed by atoms with E-state index in [9.17, 15) is 14.0 Å². The Bertz CT molecular complexity index is 1230. The second-order valence-electron chi connectivity index (χ2n) is 8.51. The third-order valence-corrected chi connectivity index (χ3v) is 6.19. The molecule has 37 heavy (non-hydrogen) atoms. The Labute approximate surface area is 219 Å². The van der Waals surface area contributed by atoms with E-state index < -0.39 is 17.7 Å². The number of carbonyl (C=O) groups excluding carboxylic acids is 2. The fraction of sp³-hybridized carbons (Fsp3) is 0.346. The lowest BCUT2D eigenvalue weighted by atomic mass is 10.1. The van der Waals surface area contributed by atoms with Gasteiger partial charge in [0.1, 0.15) is 11.4 Å². The van der Waals surface area contributed by atoms with Crippen molar-refractivity contribution in [3.8, 4) is 0 Å². The van der Waals surface area contributed by atoms with E-state index in [1.54, 1.807) is 0 Å². The summed E-state index contributed by atoms with van der Waals surface area (Å²) in [5, 5.41) is 8.44. The summed E-state index contributed by atoms with van der Waals surface area (Å²) >= 11 is 6.18. The largest absolute Gasteiger partial charge is 0.405 e. The number of anilines is 1. The molecule has 2 heterocycles. The highest BCUT2D eigenvalue weighted by molar-refractivity contribution is 6.36. The molecule has 2 aromatic carbocycles. The molecule has 1 saturated heterocycles. The van der Waals surface area contributed by atoms with Crippen molar-refractivity contribution in [2.75, 3.05) is 45.0 Å². The summed E-state index contributed by atoms with van der Waals surface area (Å²) in [5.41, 5.74) is 2.75. The van der Waals surface area contributed by atoms with Crippen molar-refractivity contribution in [2.45, 2.75) is 20.0 Å². The van der Waals surface area contributed by atoms with Gasteiger partial charge in [0.25, 0.3) is 11.8 Å². The minimum Gasteiger partial charge on any atom is -0.405 e. The minimum atomic E-state index is -0.649. The number of ether oxygens (including phenoxy) is 3. The maximum atomic E-state index is 13.6. The van der Waals surface area contributed by atoms with Gasteiger partial charge in [0.15, 0.2) is 0 Å². The highest BCUT2D eigenvalue weighted by Gasteiger charge is 2.37. The third-order valence-electron chi connectivity index (χ3n) is 5.89. The first-order valence-electron chi connectivity index (χ1n) is 11.8. The molecule has 2 aliphatic rings. The van der Waals surface area contributed by atoms with E-state index in [4.69, 9.17) is 25.8 Å². The molecule has 2 aromatic rings. The lowest BCUT2D eigenvalue weighted by Crippen LogP contribution is -2.36. The molecule has 1 N–H and O–H groups in total. The number of rotatable bonds is 8. The van der Waals surface area contributed by atoms with Crippen LogP contribution >= 0.6 is 11.6 Å². The van der Waals surface area contributed by atoms with Crippen LogP contribution in [0.4, 0.5) is 10.1 Å². The Morgan fingerprint density at radius 1 is 1.19 bits per heavy atom. The van der Waals surface area contributed by atoms with Crippen molar-refractivity contribution in [3.05, 3.63) is 75.7 Å². The van der Waals surface area contributed by atoms with Crippen LogP contribution < -0.4 is 10.3 Å². The van der Waals surface area contributed by atoms with E-state index in [1.807, 2.05) is 18.2 Å². The second kappa shape index (κ2) is 12.3. The zero-order chi connectivity index (χ0) is 26.4. The zero-order valence-electron chi connectivity index (χ0n) is 20.6. The highest BCUT2D eigenvalue weighted by Crippen LogP contribution is 2.32. The Kier molecular flexibility index (Phi) is 8.88. The van der Waals surface area contributed by atoms with Crippen LogP contribution in [0.15, 0.2) is 58.8 Å². The van der Waals surface area contributed by atoms with Crippen molar-refractivity contribution in [3.63, 3.8) is 0 Å². The lowest BCUT2D eigenvalue weighted by Gasteiger charge is -2.27. The normalized spacial score (nSPS) is 17.6. The van der Waals surface area contributed by atoms with Crippen LogP contribution in [0.5, 0.6) is 0 Å². The molecule has 0 atom stereocenters. The molecule has 0 aliphatic carbocycles. The topological polar surface area (TPSA) is 92.7 Å². The molecule has 9 nitrogen and oxygen atoms in total. The summed E-state index contributed by atoms with van der Waals surface area (Å²) in [7, 11) is 1.49. The number of carbonyl (C=O) groups is 2. The number of esters is 1. The van der Waals surface area contributed by atoms with E-state index in [0.29, 0.717) is 25.5 Å². The molecule has 1 amide bonds.